The number of aromatic nitrogens is 1. The van der Waals surface area contributed by atoms with E-state index in [1.807, 2.05) is 53.4 Å². The Morgan fingerprint density at radius 2 is 1.86 bits per heavy atom. The van der Waals surface area contributed by atoms with Crippen molar-refractivity contribution in [1.82, 2.24) is 9.88 Å². The second-order valence-corrected chi connectivity index (χ2v) is 9.76. The van der Waals surface area contributed by atoms with E-state index in [0.717, 1.165) is 41.2 Å². The predicted molar refractivity (Wildman–Crippen MR) is 149 cm³/mol. The minimum absolute atomic E-state index is 0.139. The van der Waals surface area contributed by atoms with E-state index in [1.165, 1.54) is 0 Å². The molecule has 3 aromatic rings. The summed E-state index contributed by atoms with van der Waals surface area (Å²) >= 11 is 0. The number of carbonyl (C=O) groups excluding carboxylic acids is 2. The summed E-state index contributed by atoms with van der Waals surface area (Å²) in [4.78, 5) is 40.0. The molecule has 3 heterocycles. The summed E-state index contributed by atoms with van der Waals surface area (Å²) in [6.07, 6.45) is 0.426. The van der Waals surface area contributed by atoms with Gasteiger partial charge in [0.25, 0.3) is 0 Å². The highest BCUT2D eigenvalue weighted by Crippen LogP contribution is 2.34. The van der Waals surface area contributed by atoms with Gasteiger partial charge in [-0.2, -0.15) is 13.2 Å². The van der Waals surface area contributed by atoms with Gasteiger partial charge in [-0.3, -0.25) is 14.6 Å². The minimum Gasteiger partial charge on any atom is -0.497 e. The van der Waals surface area contributed by atoms with E-state index in [9.17, 15) is 22.8 Å². The van der Waals surface area contributed by atoms with Crippen molar-refractivity contribution in [3.8, 4) is 28.4 Å². The van der Waals surface area contributed by atoms with Gasteiger partial charge in [-0.05, 0) is 72.0 Å². The number of fused-ring (bicyclic) bond motifs is 1. The molecule has 2 N–H and O–H groups in total. The number of nitrogens with zero attached hydrogens (tertiary/aromatic N) is 2. The van der Waals surface area contributed by atoms with Gasteiger partial charge in [-0.25, -0.2) is 4.79 Å². The Morgan fingerprint density at radius 1 is 1.12 bits per heavy atom. The van der Waals surface area contributed by atoms with Crippen LogP contribution >= 0.6 is 0 Å². The highest BCUT2D eigenvalue weighted by Gasteiger charge is 2.38. The van der Waals surface area contributed by atoms with Crippen molar-refractivity contribution in [2.45, 2.75) is 25.4 Å². The lowest BCUT2D eigenvalue weighted by atomic mass is 9.95. The maximum Gasteiger partial charge on any atom is 0.490 e. The molecule has 10 nitrogen and oxygen atoms in total. The quantitative estimate of drug-likeness (QED) is 0.384. The molecule has 13 heteroatoms. The molecule has 5 rings (SSSR count). The number of alkyl halides is 3. The molecule has 1 atom stereocenters. The van der Waals surface area contributed by atoms with Gasteiger partial charge in [-0.15, -0.1) is 0 Å². The lowest BCUT2D eigenvalue weighted by molar-refractivity contribution is -0.192. The Balaban J connectivity index is 0.000000541. The van der Waals surface area contributed by atoms with E-state index < -0.39 is 12.1 Å². The number of hydrogen-bond donors (Lipinski definition) is 2. The molecule has 2 amide bonds. The number of nitrogens with one attached hydrogen (secondary N) is 1. The molecule has 1 aromatic heterocycles. The summed E-state index contributed by atoms with van der Waals surface area (Å²) in [6, 6.07) is 15.2. The Labute approximate surface area is 245 Å². The molecular formula is C30H30F3N3O7. The molecule has 2 aromatic carbocycles. The minimum atomic E-state index is -5.08. The molecular weight excluding hydrogens is 571 g/mol. The number of rotatable bonds is 8. The van der Waals surface area contributed by atoms with Crippen molar-refractivity contribution in [3.63, 3.8) is 0 Å². The van der Waals surface area contributed by atoms with Crippen molar-refractivity contribution in [2.75, 3.05) is 38.7 Å². The Hall–Kier alpha value is -4.81. The third-order valence-electron chi connectivity index (χ3n) is 6.83. The summed E-state index contributed by atoms with van der Waals surface area (Å²) < 4.78 is 49.0. The summed E-state index contributed by atoms with van der Waals surface area (Å²) in [6.45, 7) is 1.92. The Bertz CT molecular complexity index is 1450. The molecule has 2 aliphatic rings. The van der Waals surface area contributed by atoms with Gasteiger partial charge in [0.15, 0.2) is 0 Å². The zero-order valence-corrected chi connectivity index (χ0v) is 23.2. The van der Waals surface area contributed by atoms with Crippen molar-refractivity contribution in [3.05, 3.63) is 66.5 Å². The van der Waals surface area contributed by atoms with Gasteiger partial charge in [0.2, 0.25) is 11.8 Å². The van der Waals surface area contributed by atoms with Crippen LogP contribution in [0, 0.1) is 5.92 Å². The summed E-state index contributed by atoms with van der Waals surface area (Å²) in [5.41, 5.74) is 3.47. The van der Waals surface area contributed by atoms with E-state index in [-0.39, 0.29) is 17.7 Å². The number of pyridine rings is 1. The first-order valence-corrected chi connectivity index (χ1v) is 13.4. The van der Waals surface area contributed by atoms with Crippen LogP contribution < -0.4 is 19.5 Å². The normalized spacial score (nSPS) is 15.9. The van der Waals surface area contributed by atoms with Crippen LogP contribution in [0.3, 0.4) is 0 Å². The number of carboxylic acids is 1. The van der Waals surface area contributed by atoms with Gasteiger partial charge in [0.1, 0.15) is 30.5 Å². The first-order valence-electron chi connectivity index (χ1n) is 13.4. The zero-order chi connectivity index (χ0) is 31.0. The number of aliphatic carboxylic acids is 1. The van der Waals surface area contributed by atoms with E-state index in [4.69, 9.17) is 24.1 Å². The van der Waals surface area contributed by atoms with E-state index in [1.54, 1.807) is 19.5 Å². The van der Waals surface area contributed by atoms with Gasteiger partial charge in [0.05, 0.1) is 25.3 Å². The van der Waals surface area contributed by atoms with Crippen LogP contribution in [0.25, 0.3) is 11.1 Å². The highest BCUT2D eigenvalue weighted by molar-refractivity contribution is 5.95. The molecule has 2 aliphatic heterocycles. The molecule has 228 valence electrons. The first-order chi connectivity index (χ1) is 20.5. The van der Waals surface area contributed by atoms with Gasteiger partial charge in [0, 0.05) is 25.4 Å². The van der Waals surface area contributed by atoms with Gasteiger partial charge in [-0.1, -0.05) is 6.07 Å². The van der Waals surface area contributed by atoms with Crippen LogP contribution in [-0.4, -0.2) is 72.4 Å². The number of hydrogen-bond acceptors (Lipinski definition) is 7. The number of amides is 2. The monoisotopic (exact) mass is 601 g/mol. The first kappa shape index (κ1) is 31.1. The number of carbonyl (C=O) groups is 3. The zero-order valence-electron chi connectivity index (χ0n) is 23.2. The number of methoxy groups -OCH3 is 1. The van der Waals surface area contributed by atoms with Crippen LogP contribution in [-0.2, 0) is 20.8 Å². The molecule has 43 heavy (non-hydrogen) atoms. The molecule has 1 unspecified atom stereocenters. The van der Waals surface area contributed by atoms with Crippen molar-refractivity contribution in [2.24, 2.45) is 5.92 Å². The molecule has 1 saturated heterocycles. The van der Waals surface area contributed by atoms with Crippen molar-refractivity contribution < 1.29 is 46.9 Å². The number of ether oxygens (including phenoxy) is 3. The maximum absolute atomic E-state index is 13.2. The second-order valence-electron chi connectivity index (χ2n) is 9.76. The van der Waals surface area contributed by atoms with Crippen LogP contribution in [0.15, 0.2) is 60.9 Å². The third-order valence-corrected chi connectivity index (χ3v) is 6.83. The number of halogens is 3. The Kier molecular flexibility index (Phi) is 10.1. The molecule has 0 bridgehead atoms. The average Bonchev–Trinajstić information content (AvgIpc) is 3.41. The van der Waals surface area contributed by atoms with E-state index in [0.29, 0.717) is 44.0 Å². The fourth-order valence-corrected chi connectivity index (χ4v) is 4.58. The van der Waals surface area contributed by atoms with Crippen molar-refractivity contribution >= 4 is 23.5 Å². The van der Waals surface area contributed by atoms with Gasteiger partial charge < -0.3 is 29.5 Å². The smallest absolute Gasteiger partial charge is 0.490 e. The molecule has 1 fully saturated rings. The standard InChI is InChI=1S/C28H29N3O5.C2HF3O2/c1-34-23-5-7-25-21(16-23)15-22(18-36-25)28(33)30-24-6-4-20(19-8-10-29-11-9-19)17-26(24)35-14-13-31-12-2-3-27(31)32;3-2(4,5)1(6)7/h4-11,16-17,22H,2-3,12-15,18H2,1H3,(H,30,33);(H,6,7). The molecule has 0 saturated carbocycles. The number of benzene rings is 2. The van der Waals surface area contributed by atoms with Crippen LogP contribution in [0.5, 0.6) is 17.2 Å². The summed E-state index contributed by atoms with van der Waals surface area (Å²) in [5, 5.41) is 10.2. The predicted octanol–water partition coefficient (Wildman–Crippen LogP) is 4.58. The fourth-order valence-electron chi connectivity index (χ4n) is 4.58. The highest BCUT2D eigenvalue weighted by atomic mass is 19.4. The van der Waals surface area contributed by atoms with Crippen LogP contribution in [0.4, 0.5) is 18.9 Å². The summed E-state index contributed by atoms with van der Waals surface area (Å²) in [7, 11) is 1.62. The second kappa shape index (κ2) is 13.9. The number of carboxylic acid groups (broad SMARTS) is 1. The van der Waals surface area contributed by atoms with Crippen LogP contribution in [0.1, 0.15) is 18.4 Å². The summed E-state index contributed by atoms with van der Waals surface area (Å²) in [5.74, 6) is -1.01. The maximum atomic E-state index is 13.2. The van der Waals surface area contributed by atoms with Crippen molar-refractivity contribution in [1.29, 1.82) is 0 Å². The molecule has 0 aliphatic carbocycles. The lowest BCUT2D eigenvalue weighted by Crippen LogP contribution is -2.33. The SMILES string of the molecule is COc1ccc2c(c1)CC(C(=O)Nc1ccc(-c3ccncc3)cc1OCCN1CCCC1=O)CO2.O=C(O)C(F)(F)F. The van der Waals surface area contributed by atoms with E-state index >= 15 is 0 Å². The van der Waals surface area contributed by atoms with Gasteiger partial charge >= 0.3 is 12.1 Å². The molecule has 0 spiro atoms. The molecule has 0 radical (unpaired) electrons. The lowest BCUT2D eigenvalue weighted by Gasteiger charge is -2.25. The fraction of sp³-hybridized carbons (Fsp3) is 0.333. The topological polar surface area (TPSA) is 127 Å². The number of likely N-dealkylation sites (tertiary alicyclic amines) is 1. The average molecular weight is 602 g/mol. The Morgan fingerprint density at radius 3 is 2.51 bits per heavy atom. The third kappa shape index (κ3) is 8.37. The number of anilines is 1. The largest absolute Gasteiger partial charge is 0.497 e. The van der Waals surface area contributed by atoms with Crippen LogP contribution in [0.2, 0.25) is 0 Å². The van der Waals surface area contributed by atoms with E-state index in [2.05, 4.69) is 10.3 Å².